The molecular formula is C27H30N4O8S. The number of oxazole rings is 1. The Kier molecular flexibility index (Phi) is 8.17. The van der Waals surface area contributed by atoms with E-state index in [9.17, 15) is 19.5 Å². The largest absolute Gasteiger partial charge is 0.496 e. The van der Waals surface area contributed by atoms with Crippen molar-refractivity contribution in [3.05, 3.63) is 68.7 Å². The Labute approximate surface area is 232 Å². The van der Waals surface area contributed by atoms with Gasteiger partial charge in [-0.05, 0) is 25.0 Å². The number of ether oxygens (including phenoxy) is 3. The van der Waals surface area contributed by atoms with Crippen LogP contribution in [0.3, 0.4) is 0 Å². The molecule has 1 aliphatic rings. The van der Waals surface area contributed by atoms with E-state index in [1.54, 1.807) is 13.0 Å². The van der Waals surface area contributed by atoms with Gasteiger partial charge in [-0.2, -0.15) is 0 Å². The van der Waals surface area contributed by atoms with Crippen molar-refractivity contribution in [1.29, 1.82) is 0 Å². The first-order valence-electron chi connectivity index (χ1n) is 12.7. The predicted octanol–water partition coefficient (Wildman–Crippen LogP) is 2.02. The molecule has 3 atom stereocenters. The monoisotopic (exact) mass is 570 g/mol. The van der Waals surface area contributed by atoms with Gasteiger partial charge in [-0.15, -0.1) is 11.3 Å². The number of carbonyl (C=O) groups is 1. The number of aliphatic hydroxyl groups is 1. The minimum Gasteiger partial charge on any atom is -0.496 e. The third-order valence-electron chi connectivity index (χ3n) is 6.88. The number of aliphatic hydroxyl groups excluding tert-OH is 1. The molecule has 1 fully saturated rings. The number of carbonyl (C=O) groups excluding carboxylic acids is 1. The number of aromatic nitrogens is 3. The van der Waals surface area contributed by atoms with Crippen LogP contribution in [-0.4, -0.2) is 65.2 Å². The van der Waals surface area contributed by atoms with E-state index in [1.807, 2.05) is 18.2 Å². The maximum Gasteiger partial charge on any atom is 0.332 e. The van der Waals surface area contributed by atoms with Gasteiger partial charge in [-0.25, -0.2) is 14.3 Å². The van der Waals surface area contributed by atoms with Crippen molar-refractivity contribution in [3.63, 3.8) is 0 Å². The first-order chi connectivity index (χ1) is 19.3. The van der Waals surface area contributed by atoms with Crippen LogP contribution >= 0.6 is 11.3 Å². The van der Waals surface area contributed by atoms with Crippen molar-refractivity contribution >= 4 is 27.5 Å². The van der Waals surface area contributed by atoms with E-state index < -0.39 is 29.5 Å². The van der Waals surface area contributed by atoms with Crippen LogP contribution < -0.4 is 21.3 Å². The fraction of sp³-hybridized carbons (Fsp3) is 0.407. The third-order valence-corrected chi connectivity index (χ3v) is 8.19. The van der Waals surface area contributed by atoms with Gasteiger partial charge < -0.3 is 29.1 Å². The Morgan fingerprint density at radius 1 is 1.23 bits per heavy atom. The van der Waals surface area contributed by atoms with Gasteiger partial charge in [-0.3, -0.25) is 14.2 Å². The zero-order valence-corrected chi connectivity index (χ0v) is 23.1. The Morgan fingerprint density at radius 2 is 2.02 bits per heavy atom. The lowest BCUT2D eigenvalue weighted by Crippen LogP contribution is -2.44. The van der Waals surface area contributed by atoms with E-state index in [1.165, 1.54) is 42.6 Å². The van der Waals surface area contributed by atoms with E-state index in [0.29, 0.717) is 50.8 Å². The van der Waals surface area contributed by atoms with Crippen LogP contribution in [0, 0.1) is 6.92 Å². The molecule has 13 heteroatoms. The summed E-state index contributed by atoms with van der Waals surface area (Å²) in [7, 11) is 3.01. The summed E-state index contributed by atoms with van der Waals surface area (Å²) in [5.74, 6) is 0.470. The molecule has 0 radical (unpaired) electrons. The normalized spacial score (nSPS) is 16.8. The first kappa shape index (κ1) is 27.8. The molecule has 5 rings (SSSR count). The molecule has 4 aromatic rings. The van der Waals surface area contributed by atoms with Crippen LogP contribution in [0.15, 0.2) is 50.7 Å². The first-order valence-corrected chi connectivity index (χ1v) is 13.5. The van der Waals surface area contributed by atoms with Crippen LogP contribution in [0.2, 0.25) is 0 Å². The molecular weight excluding hydrogens is 540 g/mol. The highest BCUT2D eigenvalue weighted by Crippen LogP contribution is 2.37. The predicted molar refractivity (Wildman–Crippen MR) is 147 cm³/mol. The van der Waals surface area contributed by atoms with Gasteiger partial charge in [0, 0.05) is 19.2 Å². The van der Waals surface area contributed by atoms with Crippen LogP contribution in [0.25, 0.3) is 21.0 Å². The molecule has 12 nitrogen and oxygen atoms in total. The van der Waals surface area contributed by atoms with E-state index in [0.717, 1.165) is 4.57 Å². The molecule has 1 saturated heterocycles. The summed E-state index contributed by atoms with van der Waals surface area (Å²) in [5, 5.41) is 13.3. The number of nitrogens with zero attached hydrogens (tertiary/aromatic N) is 3. The average molecular weight is 571 g/mol. The average Bonchev–Trinajstić information content (AvgIpc) is 3.70. The van der Waals surface area contributed by atoms with Gasteiger partial charge in [0.25, 0.3) is 5.56 Å². The highest BCUT2D eigenvalue weighted by molar-refractivity contribution is 7.22. The van der Waals surface area contributed by atoms with Crippen molar-refractivity contribution in [3.8, 4) is 16.5 Å². The smallest absolute Gasteiger partial charge is 0.332 e. The Bertz CT molecular complexity index is 1620. The number of hydrogen-bond acceptors (Lipinski definition) is 10. The Hall–Kier alpha value is -3.78. The second-order valence-electron chi connectivity index (χ2n) is 9.41. The number of amides is 1. The zero-order chi connectivity index (χ0) is 28.4. The summed E-state index contributed by atoms with van der Waals surface area (Å²) in [5.41, 5.74) is 0.0571. The highest BCUT2D eigenvalue weighted by atomic mass is 32.1. The van der Waals surface area contributed by atoms with Crippen molar-refractivity contribution in [2.75, 3.05) is 34.0 Å². The maximum absolute atomic E-state index is 14.1. The number of fused-ring (bicyclic) bond motifs is 1. The van der Waals surface area contributed by atoms with Gasteiger partial charge in [0.15, 0.2) is 0 Å². The molecule has 0 bridgehead atoms. The lowest BCUT2D eigenvalue weighted by molar-refractivity contribution is -0.122. The standard InChI is InChI=1S/C27H30N4O8S/c1-15-21-25(34)31(18-8-9-28-23(18)33)27(35)30(26(21)40-22(15)24-29-10-11-38-24)12-20(39-14-16(32)13-36-2)17-6-4-5-7-19(17)37-3/h4-7,10-11,16,18,20,32H,8-9,12-14H2,1-3H3,(H,28,33)/t16?,18?,20-/m0/s1. The molecule has 3 aromatic heterocycles. The third kappa shape index (κ3) is 5.08. The van der Waals surface area contributed by atoms with E-state index in [2.05, 4.69) is 10.3 Å². The SMILES string of the molecule is COCC(O)CO[C@@H](Cn1c(=O)n(C2CCNC2=O)c(=O)c2c(C)c(-c3ncco3)sc21)c1ccccc1OC. The molecule has 1 amide bonds. The van der Waals surface area contributed by atoms with Crippen molar-refractivity contribution in [1.82, 2.24) is 19.4 Å². The summed E-state index contributed by atoms with van der Waals surface area (Å²) in [4.78, 5) is 45.8. The van der Waals surface area contributed by atoms with E-state index >= 15 is 0 Å². The van der Waals surface area contributed by atoms with Crippen LogP contribution in [0.4, 0.5) is 0 Å². The Morgan fingerprint density at radius 3 is 2.70 bits per heavy atom. The molecule has 0 spiro atoms. The quantitative estimate of drug-likeness (QED) is 0.276. The number of hydrogen-bond donors (Lipinski definition) is 2. The van der Waals surface area contributed by atoms with Gasteiger partial charge in [0.1, 0.15) is 35.1 Å². The van der Waals surface area contributed by atoms with Crippen molar-refractivity contribution < 1.29 is 28.5 Å². The maximum atomic E-state index is 14.1. The number of para-hydroxylation sites is 1. The molecule has 4 heterocycles. The minimum absolute atomic E-state index is 0.0327. The fourth-order valence-corrected chi connectivity index (χ4v) is 6.22. The summed E-state index contributed by atoms with van der Waals surface area (Å²) in [6, 6.07) is 6.28. The van der Waals surface area contributed by atoms with E-state index in [4.69, 9.17) is 18.6 Å². The minimum atomic E-state index is -0.936. The molecule has 2 unspecified atom stereocenters. The van der Waals surface area contributed by atoms with Gasteiger partial charge >= 0.3 is 5.69 Å². The molecule has 0 aliphatic carbocycles. The highest BCUT2D eigenvalue weighted by Gasteiger charge is 2.33. The summed E-state index contributed by atoms with van der Waals surface area (Å²) < 4.78 is 24.7. The lowest BCUT2D eigenvalue weighted by atomic mass is 10.1. The van der Waals surface area contributed by atoms with Crippen molar-refractivity contribution in [2.24, 2.45) is 0 Å². The molecule has 0 saturated carbocycles. The second kappa shape index (κ2) is 11.8. The van der Waals surface area contributed by atoms with E-state index in [-0.39, 0.29) is 25.7 Å². The number of rotatable bonds is 11. The van der Waals surface area contributed by atoms with Gasteiger partial charge in [-0.1, -0.05) is 18.2 Å². The molecule has 212 valence electrons. The van der Waals surface area contributed by atoms with Crippen LogP contribution in [-0.2, 0) is 20.8 Å². The van der Waals surface area contributed by atoms with Crippen LogP contribution in [0.1, 0.15) is 29.7 Å². The molecule has 1 aromatic carbocycles. The molecule has 1 aliphatic heterocycles. The lowest BCUT2D eigenvalue weighted by Gasteiger charge is -2.24. The molecule has 40 heavy (non-hydrogen) atoms. The topological polar surface area (TPSA) is 147 Å². The van der Waals surface area contributed by atoms with Crippen LogP contribution in [0.5, 0.6) is 5.75 Å². The fourth-order valence-electron chi connectivity index (χ4n) is 4.97. The second-order valence-corrected chi connectivity index (χ2v) is 10.4. The number of nitrogens with one attached hydrogen (secondary N) is 1. The van der Waals surface area contributed by atoms with Gasteiger partial charge in [0.2, 0.25) is 11.8 Å². The van der Waals surface area contributed by atoms with Gasteiger partial charge in [0.05, 0.1) is 43.3 Å². The number of thiophene rings is 1. The molecule has 2 N–H and O–H groups in total. The Balaban J connectivity index is 1.71. The zero-order valence-electron chi connectivity index (χ0n) is 22.3. The number of benzene rings is 1. The van der Waals surface area contributed by atoms with Crippen molar-refractivity contribution in [2.45, 2.75) is 38.1 Å². The summed E-state index contributed by atoms with van der Waals surface area (Å²) >= 11 is 1.20. The number of methoxy groups -OCH3 is 2. The summed E-state index contributed by atoms with van der Waals surface area (Å²) in [6.07, 6.45) is 1.58. The number of aryl methyl sites for hydroxylation is 1. The summed E-state index contributed by atoms with van der Waals surface area (Å²) in [6.45, 7) is 2.08.